The zero-order valence-electron chi connectivity index (χ0n) is 14.7. The Morgan fingerprint density at radius 2 is 1.83 bits per heavy atom. The van der Waals surface area contributed by atoms with Crippen LogP contribution in [0, 0.1) is 25.2 Å². The summed E-state index contributed by atoms with van der Waals surface area (Å²) in [6.07, 6.45) is 3.28. The molecule has 2 rings (SSSR count). The molecule has 0 aliphatic rings. The van der Waals surface area contributed by atoms with Crippen molar-refractivity contribution in [1.82, 2.24) is 0 Å². The second-order valence-electron chi connectivity index (χ2n) is 6.79. The van der Waals surface area contributed by atoms with Crippen molar-refractivity contribution < 1.29 is 4.79 Å². The van der Waals surface area contributed by atoms with Crippen LogP contribution in [0.3, 0.4) is 0 Å². The van der Waals surface area contributed by atoms with E-state index in [1.54, 1.807) is 6.08 Å². The van der Waals surface area contributed by atoms with Gasteiger partial charge >= 0.3 is 0 Å². The van der Waals surface area contributed by atoms with Gasteiger partial charge in [-0.05, 0) is 42.0 Å². The normalized spacial score (nSPS) is 11.5. The molecule has 4 heteroatoms. The lowest BCUT2D eigenvalue weighted by Gasteiger charge is -2.18. The predicted octanol–water partition coefficient (Wildman–Crippen LogP) is 5.19. The summed E-state index contributed by atoms with van der Waals surface area (Å²) in [5.74, 6) is -0.229. The van der Waals surface area contributed by atoms with E-state index in [2.05, 4.69) is 44.3 Å². The summed E-state index contributed by atoms with van der Waals surface area (Å²) in [6.45, 7) is 10.4. The zero-order chi connectivity index (χ0) is 17.9. The third-order valence-corrected chi connectivity index (χ3v) is 5.06. The molecule has 124 valence electrons. The minimum atomic E-state index is -0.229. The molecule has 0 fully saturated rings. The van der Waals surface area contributed by atoms with Crippen molar-refractivity contribution in [2.24, 2.45) is 0 Å². The van der Waals surface area contributed by atoms with E-state index in [-0.39, 0.29) is 11.3 Å². The number of benzene rings is 1. The first-order valence-corrected chi connectivity index (χ1v) is 8.63. The van der Waals surface area contributed by atoms with Crippen LogP contribution >= 0.6 is 11.3 Å². The van der Waals surface area contributed by atoms with Crippen LogP contribution in [-0.4, -0.2) is 5.91 Å². The molecule has 1 aromatic carbocycles. The first-order chi connectivity index (χ1) is 11.2. The molecule has 0 aliphatic heterocycles. The summed E-state index contributed by atoms with van der Waals surface area (Å²) in [5.41, 5.74) is 3.82. The smallest absolute Gasteiger partial charge is 0.249 e. The lowest BCUT2D eigenvalue weighted by molar-refractivity contribution is -0.111. The Bertz CT molecular complexity index is 815. The number of anilines is 1. The summed E-state index contributed by atoms with van der Waals surface area (Å²) >= 11 is 1.43. The van der Waals surface area contributed by atoms with E-state index in [0.717, 1.165) is 16.0 Å². The fourth-order valence-electron chi connectivity index (χ4n) is 2.27. The summed E-state index contributed by atoms with van der Waals surface area (Å²) in [7, 11) is 0. The number of amides is 1. The van der Waals surface area contributed by atoms with Crippen molar-refractivity contribution in [3.05, 3.63) is 57.5 Å². The average Bonchev–Trinajstić information content (AvgIpc) is 2.78. The van der Waals surface area contributed by atoms with E-state index in [1.165, 1.54) is 23.0 Å². The molecule has 0 aliphatic carbocycles. The maximum absolute atomic E-state index is 12.1. The van der Waals surface area contributed by atoms with Gasteiger partial charge in [0.1, 0.15) is 11.1 Å². The number of nitriles is 1. The zero-order valence-corrected chi connectivity index (χ0v) is 15.5. The van der Waals surface area contributed by atoms with E-state index in [4.69, 9.17) is 0 Å². The van der Waals surface area contributed by atoms with Gasteiger partial charge in [0.05, 0.1) is 5.56 Å². The molecule has 0 radical (unpaired) electrons. The average molecular weight is 338 g/mol. The van der Waals surface area contributed by atoms with Gasteiger partial charge in [0.2, 0.25) is 5.91 Å². The van der Waals surface area contributed by atoms with Crippen LogP contribution in [0.2, 0.25) is 0 Å². The molecular formula is C20H22N2OS. The first kappa shape index (κ1) is 18.0. The highest BCUT2D eigenvalue weighted by Gasteiger charge is 2.14. The van der Waals surface area contributed by atoms with Gasteiger partial charge in [-0.3, -0.25) is 4.79 Å². The molecule has 0 bridgehead atoms. The van der Waals surface area contributed by atoms with Gasteiger partial charge in [-0.2, -0.15) is 5.26 Å². The minimum Gasteiger partial charge on any atom is -0.313 e. The maximum Gasteiger partial charge on any atom is 0.249 e. The van der Waals surface area contributed by atoms with Gasteiger partial charge in [0.15, 0.2) is 0 Å². The fourth-order valence-corrected chi connectivity index (χ4v) is 3.28. The van der Waals surface area contributed by atoms with Gasteiger partial charge in [-0.15, -0.1) is 11.3 Å². The highest BCUT2D eigenvalue weighted by molar-refractivity contribution is 7.16. The van der Waals surface area contributed by atoms with Crippen molar-refractivity contribution in [2.75, 3.05) is 5.32 Å². The van der Waals surface area contributed by atoms with E-state index in [9.17, 15) is 10.1 Å². The lowest BCUT2D eigenvalue weighted by Crippen LogP contribution is -2.10. The quantitative estimate of drug-likeness (QED) is 0.783. The van der Waals surface area contributed by atoms with Crippen molar-refractivity contribution in [2.45, 2.75) is 40.0 Å². The van der Waals surface area contributed by atoms with Gasteiger partial charge in [0, 0.05) is 11.0 Å². The Labute approximate surface area is 147 Å². The number of hydrogen-bond acceptors (Lipinski definition) is 3. The number of thiophene rings is 1. The molecule has 0 atom stereocenters. The van der Waals surface area contributed by atoms with Crippen molar-refractivity contribution in [3.8, 4) is 6.07 Å². The molecule has 2 aromatic rings. The molecular weight excluding hydrogens is 316 g/mol. The first-order valence-electron chi connectivity index (χ1n) is 7.82. The Kier molecular flexibility index (Phi) is 5.26. The van der Waals surface area contributed by atoms with Crippen LogP contribution in [0.1, 0.15) is 47.9 Å². The van der Waals surface area contributed by atoms with Crippen molar-refractivity contribution in [3.63, 3.8) is 0 Å². The third kappa shape index (κ3) is 4.12. The molecule has 0 saturated heterocycles. The van der Waals surface area contributed by atoms with E-state index >= 15 is 0 Å². The van der Waals surface area contributed by atoms with Crippen LogP contribution in [0.5, 0.6) is 0 Å². The van der Waals surface area contributed by atoms with Gasteiger partial charge < -0.3 is 5.32 Å². The Hall–Kier alpha value is -2.38. The Morgan fingerprint density at radius 3 is 2.38 bits per heavy atom. The lowest BCUT2D eigenvalue weighted by atomic mass is 9.87. The van der Waals surface area contributed by atoms with Gasteiger partial charge in [0.25, 0.3) is 0 Å². The monoisotopic (exact) mass is 338 g/mol. The SMILES string of the molecule is Cc1sc(NC(=O)/C=C/c2ccc(C(C)(C)C)cc2)c(C#N)c1C. The number of nitrogens with one attached hydrogen (secondary N) is 1. The minimum absolute atomic E-state index is 0.113. The van der Waals surface area contributed by atoms with Gasteiger partial charge in [-0.1, -0.05) is 45.0 Å². The fraction of sp³-hybridized carbons (Fsp3) is 0.300. The van der Waals surface area contributed by atoms with E-state index in [1.807, 2.05) is 26.0 Å². The molecule has 0 spiro atoms. The number of hydrogen-bond donors (Lipinski definition) is 1. The maximum atomic E-state index is 12.1. The van der Waals surface area contributed by atoms with E-state index < -0.39 is 0 Å². The van der Waals surface area contributed by atoms with Crippen molar-refractivity contribution >= 4 is 28.3 Å². The second kappa shape index (κ2) is 7.02. The standard InChI is InChI=1S/C20H22N2OS/c1-13-14(2)24-19(17(13)12-21)22-18(23)11-8-15-6-9-16(10-7-15)20(3,4)5/h6-11H,1-5H3,(H,22,23)/b11-8+. The number of carbonyl (C=O) groups excluding carboxylic acids is 1. The van der Waals surface area contributed by atoms with Crippen LogP contribution < -0.4 is 5.32 Å². The number of aryl methyl sites for hydroxylation is 1. The molecule has 0 saturated carbocycles. The molecule has 1 amide bonds. The summed E-state index contributed by atoms with van der Waals surface area (Å²) in [6, 6.07) is 10.3. The highest BCUT2D eigenvalue weighted by atomic mass is 32.1. The molecule has 1 N–H and O–H groups in total. The van der Waals surface area contributed by atoms with Crippen LogP contribution in [0.15, 0.2) is 30.3 Å². The summed E-state index contributed by atoms with van der Waals surface area (Å²) in [4.78, 5) is 13.1. The second-order valence-corrected chi connectivity index (χ2v) is 8.02. The topological polar surface area (TPSA) is 52.9 Å². The third-order valence-electron chi connectivity index (χ3n) is 3.94. The number of carbonyl (C=O) groups is 1. The van der Waals surface area contributed by atoms with Crippen LogP contribution in [-0.2, 0) is 10.2 Å². The largest absolute Gasteiger partial charge is 0.313 e. The van der Waals surface area contributed by atoms with Crippen LogP contribution in [0.25, 0.3) is 6.08 Å². The van der Waals surface area contributed by atoms with Crippen molar-refractivity contribution in [1.29, 1.82) is 5.26 Å². The Morgan fingerprint density at radius 1 is 1.21 bits per heavy atom. The molecule has 1 heterocycles. The number of rotatable bonds is 3. The van der Waals surface area contributed by atoms with Gasteiger partial charge in [-0.25, -0.2) is 0 Å². The highest BCUT2D eigenvalue weighted by Crippen LogP contribution is 2.31. The Balaban J connectivity index is 2.09. The number of nitrogens with zero attached hydrogens (tertiary/aromatic N) is 1. The molecule has 24 heavy (non-hydrogen) atoms. The summed E-state index contributed by atoms with van der Waals surface area (Å²) in [5, 5.41) is 12.6. The summed E-state index contributed by atoms with van der Waals surface area (Å²) < 4.78 is 0. The molecule has 0 unspecified atom stereocenters. The predicted molar refractivity (Wildman–Crippen MR) is 101 cm³/mol. The van der Waals surface area contributed by atoms with E-state index in [0.29, 0.717) is 10.6 Å². The van der Waals surface area contributed by atoms with Crippen LogP contribution in [0.4, 0.5) is 5.00 Å². The molecule has 1 aromatic heterocycles. The molecule has 3 nitrogen and oxygen atoms in total.